The van der Waals surface area contributed by atoms with E-state index in [0.29, 0.717) is 13.0 Å². The molecule has 0 bridgehead atoms. The largest absolute Gasteiger partial charge is 0.388 e. The molecule has 1 aliphatic heterocycles. The van der Waals surface area contributed by atoms with Gasteiger partial charge < -0.3 is 30.1 Å². The van der Waals surface area contributed by atoms with Gasteiger partial charge in [-0.15, -0.1) is 0 Å². The van der Waals surface area contributed by atoms with Crippen LogP contribution in [0.15, 0.2) is 18.2 Å². The molecule has 4 unspecified atom stereocenters. The SMILES string of the molecule is O=C=O.[2H]COCc1ccc(CC2OCC(O)C(O)C2O)c(NC)c1. The number of methoxy groups -OCH3 is 1. The number of hydrogen-bond acceptors (Lipinski definition) is 8. The fraction of sp³-hybridized carbons (Fsp3) is 0.562. The molecule has 134 valence electrons. The summed E-state index contributed by atoms with van der Waals surface area (Å²) < 4.78 is 17.5. The van der Waals surface area contributed by atoms with Crippen molar-refractivity contribution < 1.29 is 35.8 Å². The number of carbonyl (C=O) groups excluding carboxylic acids is 2. The Morgan fingerprint density at radius 3 is 2.71 bits per heavy atom. The Balaban J connectivity index is 0.000000970. The van der Waals surface area contributed by atoms with Crippen molar-refractivity contribution in [3.05, 3.63) is 29.3 Å². The normalized spacial score (nSPS) is 26.6. The third-order valence-electron chi connectivity index (χ3n) is 3.74. The molecule has 1 aliphatic rings. The van der Waals surface area contributed by atoms with Gasteiger partial charge in [-0.05, 0) is 17.2 Å². The predicted octanol–water partition coefficient (Wildman–Crippen LogP) is -0.685. The molecule has 0 spiro atoms. The van der Waals surface area contributed by atoms with E-state index in [-0.39, 0.29) is 19.8 Å². The van der Waals surface area contributed by atoms with Gasteiger partial charge >= 0.3 is 6.15 Å². The van der Waals surface area contributed by atoms with E-state index in [1.54, 1.807) is 7.05 Å². The second kappa shape index (κ2) is 10.1. The smallest absolute Gasteiger partial charge is 0.373 e. The molecule has 0 radical (unpaired) electrons. The monoisotopic (exact) mass is 342 g/mol. The molecule has 1 aromatic carbocycles. The minimum Gasteiger partial charge on any atom is -0.388 e. The molecule has 0 aromatic heterocycles. The Hall–Kier alpha value is -1.80. The van der Waals surface area contributed by atoms with Crippen molar-refractivity contribution in [1.29, 1.82) is 0 Å². The molecule has 4 atom stereocenters. The van der Waals surface area contributed by atoms with Gasteiger partial charge in [-0.1, -0.05) is 12.1 Å². The van der Waals surface area contributed by atoms with Gasteiger partial charge in [0.1, 0.15) is 18.3 Å². The molecule has 8 heteroatoms. The van der Waals surface area contributed by atoms with Gasteiger partial charge in [0.15, 0.2) is 0 Å². The van der Waals surface area contributed by atoms with Gasteiger partial charge in [0.25, 0.3) is 0 Å². The first-order valence-corrected chi connectivity index (χ1v) is 7.30. The standard InChI is InChI=1S/C15H23NO5.CO2/c1-16-11-5-9(7-20-2)3-4-10(11)6-13-15(19)14(18)12(17)8-21-13;2-1-3/h3-5,12-19H,6-8H2,1-2H3;/i2D;. The van der Waals surface area contributed by atoms with Gasteiger partial charge in [-0.25, -0.2) is 0 Å². The second-order valence-corrected chi connectivity index (χ2v) is 5.30. The van der Waals surface area contributed by atoms with Crippen LogP contribution in [0.4, 0.5) is 5.69 Å². The average molecular weight is 342 g/mol. The minimum atomic E-state index is -1.19. The third-order valence-corrected chi connectivity index (χ3v) is 3.74. The Bertz CT molecular complexity index is 565. The molecule has 0 saturated carbocycles. The summed E-state index contributed by atoms with van der Waals surface area (Å²) in [6, 6.07) is 5.72. The molecular weight excluding hydrogens is 318 g/mol. The summed E-state index contributed by atoms with van der Waals surface area (Å²) in [6.45, 7) is 0.374. The highest BCUT2D eigenvalue weighted by Gasteiger charge is 2.37. The number of rotatable bonds is 5. The highest BCUT2D eigenvalue weighted by atomic mass is 16.5. The Morgan fingerprint density at radius 1 is 1.38 bits per heavy atom. The van der Waals surface area contributed by atoms with E-state index in [4.69, 9.17) is 20.4 Å². The molecule has 0 aliphatic carbocycles. The first-order chi connectivity index (χ1) is 12.0. The molecular formula is C16H23NO7. The lowest BCUT2D eigenvalue weighted by molar-refractivity contribution is -0.191. The van der Waals surface area contributed by atoms with Crippen LogP contribution in [0.25, 0.3) is 0 Å². The van der Waals surface area contributed by atoms with Crippen LogP contribution in [0.1, 0.15) is 12.5 Å². The van der Waals surface area contributed by atoms with Crippen molar-refractivity contribution in [2.24, 2.45) is 0 Å². The molecule has 0 amide bonds. The number of benzene rings is 1. The summed E-state index contributed by atoms with van der Waals surface area (Å²) in [5.41, 5.74) is 2.76. The minimum absolute atomic E-state index is 0.00715. The Labute approximate surface area is 141 Å². The maximum Gasteiger partial charge on any atom is 0.373 e. The van der Waals surface area contributed by atoms with E-state index in [9.17, 15) is 15.3 Å². The third kappa shape index (κ3) is 5.38. The van der Waals surface area contributed by atoms with Gasteiger partial charge in [-0.2, -0.15) is 9.59 Å². The highest BCUT2D eigenvalue weighted by molar-refractivity contribution is 5.53. The summed E-state index contributed by atoms with van der Waals surface area (Å²) in [4.78, 5) is 16.2. The van der Waals surface area contributed by atoms with E-state index in [1.807, 2.05) is 18.2 Å². The fourth-order valence-electron chi connectivity index (χ4n) is 2.51. The fourth-order valence-corrected chi connectivity index (χ4v) is 2.51. The van der Waals surface area contributed by atoms with Crippen LogP contribution in [-0.2, 0) is 32.1 Å². The number of nitrogens with one attached hydrogen (secondary N) is 1. The Kier molecular flexibility index (Phi) is 7.84. The average Bonchev–Trinajstić information content (AvgIpc) is 2.61. The molecule has 24 heavy (non-hydrogen) atoms. The van der Waals surface area contributed by atoms with E-state index < -0.39 is 24.4 Å². The molecule has 1 aromatic rings. The van der Waals surface area contributed by atoms with Crippen LogP contribution in [-0.4, -0.2) is 66.6 Å². The van der Waals surface area contributed by atoms with Gasteiger partial charge in [0.2, 0.25) is 0 Å². The maximum atomic E-state index is 10.0. The first-order valence-electron chi connectivity index (χ1n) is 8.00. The second-order valence-electron chi connectivity index (χ2n) is 5.30. The summed E-state index contributed by atoms with van der Waals surface area (Å²) >= 11 is 0. The molecule has 1 heterocycles. The number of anilines is 1. The van der Waals surface area contributed by atoms with Crippen LogP contribution in [0.5, 0.6) is 0 Å². The van der Waals surface area contributed by atoms with Crippen molar-refractivity contribution in [3.8, 4) is 0 Å². The topological polar surface area (TPSA) is 125 Å². The quantitative estimate of drug-likeness (QED) is 0.554. The summed E-state index contributed by atoms with van der Waals surface area (Å²) in [7, 11) is 1.71. The number of aliphatic hydroxyl groups is 3. The zero-order chi connectivity index (χ0) is 18.8. The van der Waals surface area contributed by atoms with E-state index >= 15 is 0 Å². The van der Waals surface area contributed by atoms with Crippen LogP contribution in [0, 0.1) is 0 Å². The summed E-state index contributed by atoms with van der Waals surface area (Å²) in [6.07, 6.45) is -3.28. The Morgan fingerprint density at radius 2 is 2.08 bits per heavy atom. The van der Waals surface area contributed by atoms with Crippen LogP contribution in [0.2, 0.25) is 0 Å². The number of hydrogen-bond donors (Lipinski definition) is 4. The van der Waals surface area contributed by atoms with Crippen molar-refractivity contribution in [2.75, 3.05) is 26.1 Å². The first kappa shape index (κ1) is 18.5. The zero-order valence-corrected chi connectivity index (χ0v) is 13.3. The molecule has 1 saturated heterocycles. The lowest BCUT2D eigenvalue weighted by Gasteiger charge is -2.35. The van der Waals surface area contributed by atoms with Crippen molar-refractivity contribution >= 4 is 11.8 Å². The van der Waals surface area contributed by atoms with E-state index in [0.717, 1.165) is 16.8 Å². The predicted molar refractivity (Wildman–Crippen MR) is 83.2 cm³/mol. The molecule has 2 rings (SSSR count). The maximum absolute atomic E-state index is 10.0. The van der Waals surface area contributed by atoms with Crippen molar-refractivity contribution in [3.63, 3.8) is 0 Å². The number of aliphatic hydroxyl groups excluding tert-OH is 3. The molecule has 8 nitrogen and oxygen atoms in total. The van der Waals surface area contributed by atoms with Gasteiger partial charge in [0, 0.05) is 26.2 Å². The molecule has 1 fully saturated rings. The van der Waals surface area contributed by atoms with Crippen LogP contribution >= 0.6 is 0 Å². The van der Waals surface area contributed by atoms with E-state index in [1.165, 1.54) is 0 Å². The summed E-state index contributed by atoms with van der Waals surface area (Å²) in [5.74, 6) is 0. The van der Waals surface area contributed by atoms with Crippen molar-refractivity contribution in [1.82, 2.24) is 0 Å². The number of ether oxygens (including phenoxy) is 2. The van der Waals surface area contributed by atoms with Crippen molar-refractivity contribution in [2.45, 2.75) is 37.4 Å². The van der Waals surface area contributed by atoms with E-state index in [2.05, 4.69) is 5.32 Å². The van der Waals surface area contributed by atoms with Crippen LogP contribution < -0.4 is 5.32 Å². The molecule has 4 N–H and O–H groups in total. The highest BCUT2D eigenvalue weighted by Crippen LogP contribution is 2.24. The lowest BCUT2D eigenvalue weighted by atomic mass is 9.94. The van der Waals surface area contributed by atoms with Gasteiger partial charge in [-0.3, -0.25) is 0 Å². The lowest BCUT2D eigenvalue weighted by Crippen LogP contribution is -2.53. The van der Waals surface area contributed by atoms with Crippen LogP contribution in [0.3, 0.4) is 0 Å². The van der Waals surface area contributed by atoms with Gasteiger partial charge in [0.05, 0.1) is 20.7 Å². The zero-order valence-electron chi connectivity index (χ0n) is 14.3. The summed E-state index contributed by atoms with van der Waals surface area (Å²) in [5, 5.41) is 32.3.